The van der Waals surface area contributed by atoms with Crippen LogP contribution in [-0.4, -0.2) is 36.4 Å². The standard InChI is InChI=1S/C40H66O5/c1-3-5-7-9-11-13-15-17-19-20-21-23-25-27-29-31-33-35-40(43)45-38(36-41)37-44-39(42)34-32-30-28-26-24-22-18-16-14-12-10-8-6-4-2/h5,7,11,13,16-19,21,23,27,29,38,41H,3-4,6,8-10,12,14-15,20,22,24-26,28,30-37H2,1-2H3/b7-5-,13-11-,18-16-,19-17-,23-21-,29-27-. The number of esters is 2. The van der Waals surface area contributed by atoms with Crippen molar-refractivity contribution in [1.82, 2.24) is 0 Å². The molecule has 0 saturated carbocycles. The zero-order valence-electron chi connectivity index (χ0n) is 28.8. The van der Waals surface area contributed by atoms with Crippen LogP contribution in [0.4, 0.5) is 0 Å². The second-order valence-corrected chi connectivity index (χ2v) is 11.6. The van der Waals surface area contributed by atoms with Gasteiger partial charge in [0.25, 0.3) is 0 Å². The number of allylic oxidation sites excluding steroid dienone is 12. The van der Waals surface area contributed by atoms with E-state index in [9.17, 15) is 14.7 Å². The van der Waals surface area contributed by atoms with Gasteiger partial charge in [0.05, 0.1) is 6.61 Å². The Morgan fingerprint density at radius 1 is 0.533 bits per heavy atom. The summed E-state index contributed by atoms with van der Waals surface area (Å²) < 4.78 is 10.5. The topological polar surface area (TPSA) is 72.8 Å². The molecular weight excluding hydrogens is 560 g/mol. The molecule has 0 aromatic heterocycles. The molecule has 0 bridgehead atoms. The number of ether oxygens (including phenoxy) is 2. The molecule has 0 aromatic carbocycles. The third-order valence-corrected chi connectivity index (χ3v) is 7.23. The van der Waals surface area contributed by atoms with Crippen LogP contribution >= 0.6 is 0 Å². The molecule has 0 radical (unpaired) electrons. The number of rotatable bonds is 31. The molecule has 0 aliphatic heterocycles. The first-order chi connectivity index (χ1) is 22.1. The van der Waals surface area contributed by atoms with Gasteiger partial charge in [-0.25, -0.2) is 0 Å². The third kappa shape index (κ3) is 34.1. The predicted molar refractivity (Wildman–Crippen MR) is 191 cm³/mol. The molecule has 0 spiro atoms. The summed E-state index contributed by atoms with van der Waals surface area (Å²) in [5, 5.41) is 9.52. The number of hydrogen-bond donors (Lipinski definition) is 1. The third-order valence-electron chi connectivity index (χ3n) is 7.23. The quantitative estimate of drug-likeness (QED) is 0.0471. The van der Waals surface area contributed by atoms with Crippen LogP contribution in [0, 0.1) is 0 Å². The lowest BCUT2D eigenvalue weighted by atomic mass is 10.1. The van der Waals surface area contributed by atoms with Gasteiger partial charge in [0, 0.05) is 12.8 Å². The molecular formula is C40H66O5. The van der Waals surface area contributed by atoms with Crippen LogP contribution in [0.2, 0.25) is 0 Å². The molecule has 1 atom stereocenters. The first kappa shape index (κ1) is 42.3. The van der Waals surface area contributed by atoms with Crippen molar-refractivity contribution in [1.29, 1.82) is 0 Å². The van der Waals surface area contributed by atoms with Gasteiger partial charge in [0.2, 0.25) is 0 Å². The van der Waals surface area contributed by atoms with E-state index < -0.39 is 6.10 Å². The molecule has 0 aromatic rings. The van der Waals surface area contributed by atoms with Gasteiger partial charge in [-0.05, 0) is 77.0 Å². The van der Waals surface area contributed by atoms with Crippen molar-refractivity contribution in [3.8, 4) is 0 Å². The number of aliphatic hydroxyl groups excluding tert-OH is 1. The first-order valence-electron chi connectivity index (χ1n) is 18.0. The molecule has 0 amide bonds. The van der Waals surface area contributed by atoms with E-state index in [2.05, 4.69) is 86.8 Å². The van der Waals surface area contributed by atoms with Gasteiger partial charge in [-0.3, -0.25) is 9.59 Å². The second-order valence-electron chi connectivity index (χ2n) is 11.6. The van der Waals surface area contributed by atoms with E-state index in [1.165, 1.54) is 51.4 Å². The molecule has 0 saturated heterocycles. The highest BCUT2D eigenvalue weighted by Gasteiger charge is 2.15. The summed E-state index contributed by atoms with van der Waals surface area (Å²) in [6, 6.07) is 0. The smallest absolute Gasteiger partial charge is 0.306 e. The lowest BCUT2D eigenvalue weighted by molar-refractivity contribution is -0.161. The predicted octanol–water partition coefficient (Wildman–Crippen LogP) is 11.0. The number of aliphatic hydroxyl groups is 1. The van der Waals surface area contributed by atoms with E-state index in [0.717, 1.165) is 64.2 Å². The van der Waals surface area contributed by atoms with Crippen molar-refractivity contribution in [3.63, 3.8) is 0 Å². The van der Waals surface area contributed by atoms with E-state index in [4.69, 9.17) is 9.47 Å². The highest BCUT2D eigenvalue weighted by Crippen LogP contribution is 2.10. The molecule has 5 nitrogen and oxygen atoms in total. The Labute approximate surface area is 276 Å². The van der Waals surface area contributed by atoms with Gasteiger partial charge in [0.1, 0.15) is 6.61 Å². The van der Waals surface area contributed by atoms with Crippen molar-refractivity contribution >= 4 is 11.9 Å². The van der Waals surface area contributed by atoms with Gasteiger partial charge in [-0.2, -0.15) is 0 Å². The summed E-state index contributed by atoms with van der Waals surface area (Å²) in [4.78, 5) is 24.2. The maximum Gasteiger partial charge on any atom is 0.306 e. The Morgan fingerprint density at radius 3 is 1.53 bits per heavy atom. The highest BCUT2D eigenvalue weighted by molar-refractivity contribution is 5.70. The summed E-state index contributed by atoms with van der Waals surface area (Å²) >= 11 is 0. The average Bonchev–Trinajstić information content (AvgIpc) is 3.04. The molecule has 45 heavy (non-hydrogen) atoms. The summed E-state index contributed by atoms with van der Waals surface area (Å²) in [6.45, 7) is 3.93. The first-order valence-corrected chi connectivity index (χ1v) is 18.0. The Hall–Kier alpha value is -2.66. The van der Waals surface area contributed by atoms with Gasteiger partial charge in [-0.1, -0.05) is 132 Å². The molecule has 5 heteroatoms. The normalized spacial score (nSPS) is 13.0. The van der Waals surface area contributed by atoms with Gasteiger partial charge in [0.15, 0.2) is 6.10 Å². The summed E-state index contributed by atoms with van der Waals surface area (Å²) in [6.07, 6.45) is 46.7. The van der Waals surface area contributed by atoms with Crippen molar-refractivity contribution < 1.29 is 24.2 Å². The molecule has 0 fully saturated rings. The number of hydrogen-bond acceptors (Lipinski definition) is 5. The maximum atomic E-state index is 12.1. The molecule has 256 valence electrons. The molecule has 0 aliphatic carbocycles. The molecule has 0 aliphatic rings. The second kappa shape index (κ2) is 35.8. The van der Waals surface area contributed by atoms with Crippen LogP contribution < -0.4 is 0 Å². The SMILES string of the molecule is CC/C=C\C/C=C\C/C=C\C/C=C\C/C=C\CCCC(=O)OC(CO)COC(=O)CCCCCCC/C=C\CCCCCCC. The minimum absolute atomic E-state index is 0.0964. The van der Waals surface area contributed by atoms with E-state index in [1.54, 1.807) is 0 Å². The lowest BCUT2D eigenvalue weighted by Crippen LogP contribution is -2.28. The van der Waals surface area contributed by atoms with Crippen molar-refractivity contribution in [3.05, 3.63) is 72.9 Å². The summed E-state index contributed by atoms with van der Waals surface area (Å²) in [7, 11) is 0. The fourth-order valence-electron chi connectivity index (χ4n) is 4.52. The van der Waals surface area contributed by atoms with Gasteiger partial charge >= 0.3 is 11.9 Å². The lowest BCUT2D eigenvalue weighted by Gasteiger charge is -2.15. The fourth-order valence-corrected chi connectivity index (χ4v) is 4.52. The Morgan fingerprint density at radius 2 is 0.978 bits per heavy atom. The average molecular weight is 627 g/mol. The van der Waals surface area contributed by atoms with Crippen molar-refractivity contribution in [2.45, 2.75) is 155 Å². The summed E-state index contributed by atoms with van der Waals surface area (Å²) in [5.74, 6) is -0.677. The van der Waals surface area contributed by atoms with E-state index >= 15 is 0 Å². The highest BCUT2D eigenvalue weighted by atomic mass is 16.6. The zero-order chi connectivity index (χ0) is 32.9. The van der Waals surface area contributed by atoms with E-state index in [0.29, 0.717) is 12.8 Å². The number of carbonyl (C=O) groups is 2. The largest absolute Gasteiger partial charge is 0.462 e. The van der Waals surface area contributed by atoms with Crippen LogP contribution in [0.3, 0.4) is 0 Å². The van der Waals surface area contributed by atoms with E-state index in [-0.39, 0.29) is 31.6 Å². The van der Waals surface area contributed by atoms with Crippen LogP contribution in [0.1, 0.15) is 149 Å². The van der Waals surface area contributed by atoms with Crippen molar-refractivity contribution in [2.75, 3.05) is 13.2 Å². The fraction of sp³-hybridized carbons (Fsp3) is 0.650. The van der Waals surface area contributed by atoms with Gasteiger partial charge in [-0.15, -0.1) is 0 Å². The Balaban J connectivity index is 3.73. The Kier molecular flexibility index (Phi) is 33.7. The van der Waals surface area contributed by atoms with Crippen LogP contribution in [0.15, 0.2) is 72.9 Å². The van der Waals surface area contributed by atoms with Crippen LogP contribution in [0.5, 0.6) is 0 Å². The Bertz CT molecular complexity index is 849. The van der Waals surface area contributed by atoms with Crippen LogP contribution in [0.25, 0.3) is 0 Å². The summed E-state index contributed by atoms with van der Waals surface area (Å²) in [5.41, 5.74) is 0. The van der Waals surface area contributed by atoms with E-state index in [1.807, 2.05) is 0 Å². The van der Waals surface area contributed by atoms with Crippen LogP contribution in [-0.2, 0) is 19.1 Å². The van der Waals surface area contributed by atoms with Crippen molar-refractivity contribution in [2.24, 2.45) is 0 Å². The monoisotopic (exact) mass is 626 g/mol. The molecule has 1 unspecified atom stereocenters. The molecule has 0 rings (SSSR count). The number of carbonyl (C=O) groups excluding carboxylic acids is 2. The van der Waals surface area contributed by atoms with Gasteiger partial charge < -0.3 is 14.6 Å². The number of unbranched alkanes of at least 4 members (excludes halogenated alkanes) is 11. The maximum absolute atomic E-state index is 12.1. The molecule has 1 N–H and O–H groups in total. The molecule has 0 heterocycles. The zero-order valence-corrected chi connectivity index (χ0v) is 28.8. The minimum atomic E-state index is -0.806. The minimum Gasteiger partial charge on any atom is -0.462 e.